The summed E-state index contributed by atoms with van der Waals surface area (Å²) in [7, 11) is 0. The SMILES string of the molecule is CCOC(=O)Cc1c(O)c(I)c[nH]c1=O. The van der Waals surface area contributed by atoms with Crippen molar-refractivity contribution in [1.29, 1.82) is 0 Å². The summed E-state index contributed by atoms with van der Waals surface area (Å²) in [5.74, 6) is -0.687. The van der Waals surface area contributed by atoms with Crippen LogP contribution >= 0.6 is 22.6 Å². The Morgan fingerprint density at radius 1 is 1.67 bits per heavy atom. The van der Waals surface area contributed by atoms with Gasteiger partial charge in [-0.2, -0.15) is 0 Å². The Kier molecular flexibility index (Phi) is 4.13. The first-order valence-electron chi connectivity index (χ1n) is 4.31. The van der Waals surface area contributed by atoms with Crippen molar-refractivity contribution in [1.82, 2.24) is 4.98 Å². The lowest BCUT2D eigenvalue weighted by molar-refractivity contribution is -0.142. The molecule has 0 bridgehead atoms. The van der Waals surface area contributed by atoms with Gasteiger partial charge < -0.3 is 14.8 Å². The molecule has 2 N–H and O–H groups in total. The van der Waals surface area contributed by atoms with Crippen LogP contribution in [0.5, 0.6) is 5.75 Å². The largest absolute Gasteiger partial charge is 0.506 e. The molecule has 1 rings (SSSR count). The number of halogens is 1. The van der Waals surface area contributed by atoms with Crippen molar-refractivity contribution in [2.75, 3.05) is 6.61 Å². The monoisotopic (exact) mass is 323 g/mol. The van der Waals surface area contributed by atoms with E-state index in [0.717, 1.165) is 0 Å². The van der Waals surface area contributed by atoms with Gasteiger partial charge in [0.1, 0.15) is 5.75 Å². The molecule has 1 aromatic heterocycles. The lowest BCUT2D eigenvalue weighted by Gasteiger charge is -2.04. The fourth-order valence-electron chi connectivity index (χ4n) is 1.06. The number of hydrogen-bond acceptors (Lipinski definition) is 4. The summed E-state index contributed by atoms with van der Waals surface area (Å²) in [6, 6.07) is 0. The van der Waals surface area contributed by atoms with E-state index in [1.165, 1.54) is 6.20 Å². The smallest absolute Gasteiger partial charge is 0.310 e. The summed E-state index contributed by atoms with van der Waals surface area (Å²) in [5, 5.41) is 9.56. The summed E-state index contributed by atoms with van der Waals surface area (Å²) < 4.78 is 5.18. The highest BCUT2D eigenvalue weighted by Gasteiger charge is 2.14. The van der Waals surface area contributed by atoms with Crippen LogP contribution in [0.25, 0.3) is 0 Å². The number of aromatic amines is 1. The van der Waals surface area contributed by atoms with E-state index in [-0.39, 0.29) is 24.3 Å². The molecule has 0 aromatic carbocycles. The van der Waals surface area contributed by atoms with Crippen LogP contribution in [0.15, 0.2) is 11.0 Å². The van der Waals surface area contributed by atoms with Gasteiger partial charge in [-0.25, -0.2) is 0 Å². The first kappa shape index (κ1) is 12.0. The predicted octanol–water partition coefficient (Wildman–Crippen LogP) is 0.791. The van der Waals surface area contributed by atoms with Gasteiger partial charge in [-0.05, 0) is 29.5 Å². The molecule has 0 atom stereocenters. The number of hydrogen-bond donors (Lipinski definition) is 2. The fraction of sp³-hybridized carbons (Fsp3) is 0.333. The number of ether oxygens (including phenoxy) is 1. The van der Waals surface area contributed by atoms with Crippen LogP contribution in [-0.2, 0) is 16.0 Å². The van der Waals surface area contributed by atoms with Crippen molar-refractivity contribution in [3.05, 3.63) is 25.7 Å². The minimum absolute atomic E-state index is 0.0420. The Balaban J connectivity index is 2.99. The van der Waals surface area contributed by atoms with Crippen molar-refractivity contribution in [3.8, 4) is 5.75 Å². The number of aromatic hydroxyl groups is 1. The van der Waals surface area contributed by atoms with Gasteiger partial charge in [0.05, 0.1) is 22.2 Å². The van der Waals surface area contributed by atoms with Crippen molar-refractivity contribution < 1.29 is 14.6 Å². The third-order valence-corrected chi connectivity index (χ3v) is 2.56. The molecule has 5 nitrogen and oxygen atoms in total. The van der Waals surface area contributed by atoms with Gasteiger partial charge in [-0.1, -0.05) is 0 Å². The molecule has 6 heteroatoms. The number of H-pyrrole nitrogens is 1. The molecular weight excluding hydrogens is 313 g/mol. The molecule has 0 aliphatic carbocycles. The second-order valence-corrected chi connectivity index (χ2v) is 3.94. The minimum Gasteiger partial charge on any atom is -0.506 e. The quantitative estimate of drug-likeness (QED) is 0.637. The first-order valence-corrected chi connectivity index (χ1v) is 5.38. The zero-order chi connectivity index (χ0) is 11.4. The second kappa shape index (κ2) is 5.15. The highest BCUT2D eigenvalue weighted by Crippen LogP contribution is 2.20. The van der Waals surface area contributed by atoms with Gasteiger partial charge in [-0.15, -0.1) is 0 Å². The third-order valence-electron chi connectivity index (χ3n) is 1.74. The number of rotatable bonds is 3. The molecule has 0 aliphatic heterocycles. The molecule has 1 aromatic rings. The van der Waals surface area contributed by atoms with Crippen molar-refractivity contribution in [3.63, 3.8) is 0 Å². The molecular formula is C9H10INO4. The molecule has 0 spiro atoms. The lowest BCUT2D eigenvalue weighted by Crippen LogP contribution is -2.18. The zero-order valence-electron chi connectivity index (χ0n) is 8.04. The lowest BCUT2D eigenvalue weighted by atomic mass is 10.2. The summed E-state index contributed by atoms with van der Waals surface area (Å²) in [6.45, 7) is 1.93. The topological polar surface area (TPSA) is 79.4 Å². The average Bonchev–Trinajstić information content (AvgIpc) is 2.19. The first-order chi connectivity index (χ1) is 7.06. The Morgan fingerprint density at radius 2 is 2.33 bits per heavy atom. The summed E-state index contributed by atoms with van der Waals surface area (Å²) in [5.41, 5.74) is -0.429. The van der Waals surface area contributed by atoms with E-state index in [0.29, 0.717) is 3.57 Å². The van der Waals surface area contributed by atoms with E-state index >= 15 is 0 Å². The van der Waals surface area contributed by atoms with Crippen LogP contribution in [0.3, 0.4) is 0 Å². The van der Waals surface area contributed by atoms with Crippen LogP contribution in [0.4, 0.5) is 0 Å². The van der Waals surface area contributed by atoms with Gasteiger partial charge in [-0.3, -0.25) is 9.59 Å². The second-order valence-electron chi connectivity index (χ2n) is 2.77. The molecule has 0 unspecified atom stereocenters. The zero-order valence-corrected chi connectivity index (χ0v) is 10.2. The standard InChI is InChI=1S/C9H10INO4/c1-2-15-7(12)3-5-8(13)6(10)4-11-9(5)14/h4H,2-3H2,1H3,(H2,11,13,14). The molecule has 0 saturated carbocycles. The van der Waals surface area contributed by atoms with E-state index in [1.807, 2.05) is 22.6 Å². The maximum Gasteiger partial charge on any atom is 0.310 e. The fourth-order valence-corrected chi connectivity index (χ4v) is 1.54. The molecule has 0 aliphatic rings. The van der Waals surface area contributed by atoms with E-state index < -0.39 is 11.5 Å². The van der Waals surface area contributed by atoms with Gasteiger partial charge in [0.25, 0.3) is 5.56 Å². The Hall–Kier alpha value is -1.05. The van der Waals surface area contributed by atoms with Crippen LogP contribution in [0, 0.1) is 3.57 Å². The number of carbonyl (C=O) groups is 1. The number of nitrogens with one attached hydrogen (secondary N) is 1. The summed E-state index contributed by atoms with van der Waals surface area (Å²) >= 11 is 1.86. The Morgan fingerprint density at radius 3 is 2.93 bits per heavy atom. The van der Waals surface area contributed by atoms with Crippen molar-refractivity contribution in [2.45, 2.75) is 13.3 Å². The summed E-state index contributed by atoms with van der Waals surface area (Å²) in [6.07, 6.45) is 1.17. The normalized spacial score (nSPS) is 10.0. The summed E-state index contributed by atoms with van der Waals surface area (Å²) in [4.78, 5) is 24.9. The van der Waals surface area contributed by atoms with E-state index in [9.17, 15) is 14.7 Å². The Labute approximate surface area is 99.6 Å². The van der Waals surface area contributed by atoms with Crippen LogP contribution in [0.1, 0.15) is 12.5 Å². The van der Waals surface area contributed by atoms with Gasteiger partial charge in [0, 0.05) is 6.20 Å². The van der Waals surface area contributed by atoms with E-state index in [2.05, 4.69) is 4.98 Å². The van der Waals surface area contributed by atoms with Gasteiger partial charge >= 0.3 is 5.97 Å². The Bertz CT molecular complexity index is 427. The molecule has 0 radical (unpaired) electrons. The molecule has 1 heterocycles. The number of pyridine rings is 1. The maximum absolute atomic E-state index is 11.3. The average molecular weight is 323 g/mol. The molecule has 15 heavy (non-hydrogen) atoms. The highest BCUT2D eigenvalue weighted by atomic mass is 127. The highest BCUT2D eigenvalue weighted by molar-refractivity contribution is 14.1. The molecule has 0 amide bonds. The number of aromatic nitrogens is 1. The number of carbonyl (C=O) groups excluding carboxylic acids is 1. The van der Waals surface area contributed by atoms with Crippen molar-refractivity contribution >= 4 is 28.6 Å². The molecule has 82 valence electrons. The maximum atomic E-state index is 11.3. The minimum atomic E-state index is -0.527. The third kappa shape index (κ3) is 2.95. The predicted molar refractivity (Wildman–Crippen MR) is 61.8 cm³/mol. The molecule has 0 fully saturated rings. The van der Waals surface area contributed by atoms with Crippen LogP contribution in [0.2, 0.25) is 0 Å². The van der Waals surface area contributed by atoms with Crippen LogP contribution in [-0.4, -0.2) is 22.7 Å². The van der Waals surface area contributed by atoms with Gasteiger partial charge in [0.15, 0.2) is 0 Å². The molecule has 0 saturated heterocycles. The van der Waals surface area contributed by atoms with Crippen LogP contribution < -0.4 is 5.56 Å². The number of esters is 1. The van der Waals surface area contributed by atoms with E-state index in [4.69, 9.17) is 4.74 Å². The van der Waals surface area contributed by atoms with Crippen molar-refractivity contribution in [2.24, 2.45) is 0 Å². The van der Waals surface area contributed by atoms with E-state index in [1.54, 1.807) is 6.92 Å². The van der Waals surface area contributed by atoms with Gasteiger partial charge in [0.2, 0.25) is 0 Å².